The third kappa shape index (κ3) is 3.52. The number of amides is 1. The third-order valence-corrected chi connectivity index (χ3v) is 5.42. The van der Waals surface area contributed by atoms with E-state index in [9.17, 15) is 17.6 Å². The zero-order valence-corrected chi connectivity index (χ0v) is 13.8. The molecule has 0 aliphatic carbocycles. The molecular weight excluding hydrogens is 345 g/mol. The normalized spacial score (nSPS) is 17.5. The Morgan fingerprint density at radius 1 is 1.12 bits per heavy atom. The number of benzene rings is 2. The lowest BCUT2D eigenvalue weighted by molar-refractivity contribution is -0.118. The Morgan fingerprint density at radius 3 is 2.36 bits per heavy atom. The minimum Gasteiger partial charge on any atom is -0.311 e. The number of nitrogens with zero attached hydrogens (tertiary/aromatic N) is 2. The fraction of sp³-hybridized carbons (Fsp3) is 0.176. The van der Waals surface area contributed by atoms with Crippen LogP contribution in [0.5, 0.6) is 0 Å². The average Bonchev–Trinajstić information content (AvgIpc) is 2.96. The van der Waals surface area contributed by atoms with Gasteiger partial charge in [-0.25, -0.2) is 12.8 Å². The Kier molecular flexibility index (Phi) is 4.53. The number of nitriles is 1. The lowest BCUT2D eigenvalue weighted by Crippen LogP contribution is -2.41. The van der Waals surface area contributed by atoms with Gasteiger partial charge in [0.15, 0.2) is 0 Å². The fourth-order valence-electron chi connectivity index (χ4n) is 2.63. The number of sulfonamides is 1. The summed E-state index contributed by atoms with van der Waals surface area (Å²) in [6, 6.07) is 11.9. The Bertz CT molecular complexity index is 935. The van der Waals surface area contributed by atoms with E-state index in [-0.39, 0.29) is 10.8 Å². The van der Waals surface area contributed by atoms with Crippen molar-refractivity contribution in [1.82, 2.24) is 4.72 Å². The zero-order valence-electron chi connectivity index (χ0n) is 13.0. The van der Waals surface area contributed by atoms with Crippen molar-refractivity contribution in [2.24, 2.45) is 0 Å². The summed E-state index contributed by atoms with van der Waals surface area (Å²) in [5.41, 5.74) is 0.866. The number of hydrogen-bond acceptors (Lipinski definition) is 4. The molecule has 1 heterocycles. The molecule has 128 valence electrons. The van der Waals surface area contributed by atoms with Gasteiger partial charge in [-0.15, -0.1) is 0 Å². The van der Waals surface area contributed by atoms with Crippen molar-refractivity contribution in [2.45, 2.75) is 17.4 Å². The fourth-order valence-corrected chi connectivity index (χ4v) is 3.85. The summed E-state index contributed by atoms with van der Waals surface area (Å²) in [7, 11) is -3.88. The quantitative estimate of drug-likeness (QED) is 0.901. The third-order valence-electron chi connectivity index (χ3n) is 3.93. The van der Waals surface area contributed by atoms with E-state index in [2.05, 4.69) is 4.72 Å². The molecular formula is C17H14FN3O3S. The molecule has 6 nitrogen and oxygen atoms in total. The Labute approximate surface area is 144 Å². The van der Waals surface area contributed by atoms with Crippen molar-refractivity contribution in [3.8, 4) is 6.07 Å². The lowest BCUT2D eigenvalue weighted by Gasteiger charge is -2.17. The number of anilines is 1. The van der Waals surface area contributed by atoms with E-state index in [1.54, 1.807) is 0 Å². The van der Waals surface area contributed by atoms with Crippen LogP contribution in [0.1, 0.15) is 12.0 Å². The number of halogens is 1. The van der Waals surface area contributed by atoms with Crippen LogP contribution in [0.15, 0.2) is 53.4 Å². The summed E-state index contributed by atoms with van der Waals surface area (Å²) >= 11 is 0. The molecule has 1 aliphatic rings. The van der Waals surface area contributed by atoms with Crippen molar-refractivity contribution in [2.75, 3.05) is 11.4 Å². The SMILES string of the molecule is N#Cc1ccc(S(=O)(=O)NC2CCN(c3ccc(F)cc3)C2=O)cc1. The highest BCUT2D eigenvalue weighted by Crippen LogP contribution is 2.23. The molecule has 1 aliphatic heterocycles. The van der Waals surface area contributed by atoms with Gasteiger partial charge in [-0.2, -0.15) is 9.98 Å². The largest absolute Gasteiger partial charge is 0.311 e. The second-order valence-corrected chi connectivity index (χ2v) is 7.28. The first-order chi connectivity index (χ1) is 11.9. The highest BCUT2D eigenvalue weighted by Gasteiger charge is 2.35. The van der Waals surface area contributed by atoms with Crippen LogP contribution in [-0.4, -0.2) is 26.9 Å². The van der Waals surface area contributed by atoms with Crippen LogP contribution < -0.4 is 9.62 Å². The van der Waals surface area contributed by atoms with Crippen LogP contribution in [0, 0.1) is 17.1 Å². The van der Waals surface area contributed by atoms with Gasteiger partial charge < -0.3 is 4.90 Å². The predicted molar refractivity (Wildman–Crippen MR) is 88.6 cm³/mol. The number of hydrogen-bond donors (Lipinski definition) is 1. The van der Waals surface area contributed by atoms with E-state index < -0.39 is 21.9 Å². The second-order valence-electron chi connectivity index (χ2n) is 5.57. The molecule has 8 heteroatoms. The topological polar surface area (TPSA) is 90.3 Å². The molecule has 3 rings (SSSR count). The van der Waals surface area contributed by atoms with Crippen LogP contribution in [0.4, 0.5) is 10.1 Å². The van der Waals surface area contributed by atoms with Gasteiger partial charge in [0.1, 0.15) is 11.9 Å². The molecule has 1 fully saturated rings. The summed E-state index contributed by atoms with van der Waals surface area (Å²) in [4.78, 5) is 13.9. The first-order valence-electron chi connectivity index (χ1n) is 7.50. The summed E-state index contributed by atoms with van der Waals surface area (Å²) in [5.74, 6) is -0.794. The average molecular weight is 359 g/mol. The smallest absolute Gasteiger partial charge is 0.245 e. The van der Waals surface area contributed by atoms with Crippen LogP contribution in [0.2, 0.25) is 0 Å². The number of nitrogens with one attached hydrogen (secondary N) is 1. The second kappa shape index (κ2) is 6.63. The van der Waals surface area contributed by atoms with Crippen molar-refractivity contribution in [3.05, 3.63) is 59.9 Å². The highest BCUT2D eigenvalue weighted by molar-refractivity contribution is 7.89. The maximum absolute atomic E-state index is 13.0. The highest BCUT2D eigenvalue weighted by atomic mass is 32.2. The van der Waals surface area contributed by atoms with Gasteiger partial charge in [-0.05, 0) is 55.0 Å². The minimum absolute atomic E-state index is 0.0143. The number of carbonyl (C=O) groups is 1. The van der Waals surface area contributed by atoms with E-state index in [1.165, 1.54) is 53.4 Å². The molecule has 1 N–H and O–H groups in total. The van der Waals surface area contributed by atoms with Gasteiger partial charge in [0.2, 0.25) is 15.9 Å². The Balaban J connectivity index is 1.75. The van der Waals surface area contributed by atoms with E-state index in [4.69, 9.17) is 5.26 Å². The summed E-state index contributed by atoms with van der Waals surface area (Å²) in [5, 5.41) is 8.76. The lowest BCUT2D eigenvalue weighted by atomic mass is 10.2. The molecule has 1 unspecified atom stereocenters. The van der Waals surface area contributed by atoms with Gasteiger partial charge in [0.05, 0.1) is 16.5 Å². The maximum atomic E-state index is 13.0. The van der Waals surface area contributed by atoms with Gasteiger partial charge >= 0.3 is 0 Å². The molecule has 0 radical (unpaired) electrons. The van der Waals surface area contributed by atoms with Crippen molar-refractivity contribution >= 4 is 21.6 Å². The Hall–Kier alpha value is -2.76. The predicted octanol–water partition coefficient (Wildman–Crippen LogP) is 1.78. The van der Waals surface area contributed by atoms with Gasteiger partial charge in [-0.1, -0.05) is 0 Å². The van der Waals surface area contributed by atoms with Gasteiger partial charge in [0.25, 0.3) is 0 Å². The van der Waals surface area contributed by atoms with Crippen molar-refractivity contribution in [1.29, 1.82) is 5.26 Å². The first-order valence-corrected chi connectivity index (χ1v) is 8.98. The zero-order chi connectivity index (χ0) is 18.0. The molecule has 0 aromatic heterocycles. The molecule has 1 saturated heterocycles. The molecule has 0 saturated carbocycles. The van der Waals surface area contributed by atoms with E-state index in [0.717, 1.165) is 0 Å². The van der Waals surface area contributed by atoms with E-state index in [1.807, 2.05) is 6.07 Å². The van der Waals surface area contributed by atoms with Crippen LogP contribution in [0.3, 0.4) is 0 Å². The van der Waals surface area contributed by atoms with Crippen molar-refractivity contribution < 1.29 is 17.6 Å². The van der Waals surface area contributed by atoms with E-state index >= 15 is 0 Å². The van der Waals surface area contributed by atoms with Crippen molar-refractivity contribution in [3.63, 3.8) is 0 Å². The van der Waals surface area contributed by atoms with Crippen LogP contribution in [-0.2, 0) is 14.8 Å². The standard InChI is InChI=1S/C17H14FN3O3S/c18-13-3-5-14(6-4-13)21-10-9-16(17(21)22)20-25(23,24)15-7-1-12(11-19)2-8-15/h1-8,16,20H,9-10H2. The maximum Gasteiger partial charge on any atom is 0.245 e. The van der Waals surface area contributed by atoms with Gasteiger partial charge in [0, 0.05) is 12.2 Å². The molecule has 25 heavy (non-hydrogen) atoms. The van der Waals surface area contributed by atoms with E-state index in [0.29, 0.717) is 24.2 Å². The number of rotatable bonds is 4. The van der Waals surface area contributed by atoms with Gasteiger partial charge in [-0.3, -0.25) is 4.79 Å². The molecule has 2 aromatic carbocycles. The summed E-state index contributed by atoms with van der Waals surface area (Å²) in [6.45, 7) is 0.338. The monoisotopic (exact) mass is 359 g/mol. The molecule has 1 atom stereocenters. The van der Waals surface area contributed by atoms with Crippen LogP contribution >= 0.6 is 0 Å². The first kappa shape index (κ1) is 17.1. The molecule has 0 spiro atoms. The number of carbonyl (C=O) groups excluding carboxylic acids is 1. The Morgan fingerprint density at radius 2 is 1.76 bits per heavy atom. The molecule has 2 aromatic rings. The molecule has 1 amide bonds. The van der Waals surface area contributed by atoms with Crippen LogP contribution in [0.25, 0.3) is 0 Å². The summed E-state index contributed by atoms with van der Waals surface area (Å²) < 4.78 is 40.2. The summed E-state index contributed by atoms with van der Waals surface area (Å²) in [6.07, 6.45) is 0.311. The molecule has 0 bridgehead atoms. The minimum atomic E-state index is -3.88.